The Balaban J connectivity index is 3.41. The van der Waals surface area contributed by atoms with E-state index in [0.29, 0.717) is 0 Å². The SMILES string of the molecule is Cc1cc(CC#N)c(OC(F)(F)F)c([N+](=O)[O-])n1. The van der Waals surface area contributed by atoms with E-state index in [-0.39, 0.29) is 11.3 Å². The van der Waals surface area contributed by atoms with E-state index in [1.807, 2.05) is 0 Å². The maximum Gasteiger partial charge on any atom is 0.573 e. The number of rotatable bonds is 3. The standard InChI is InChI=1S/C9H6F3N3O3/c1-5-4-6(2-3-13)7(18-9(10,11)12)8(14-5)15(16)17/h4H,2H2,1H3. The molecule has 0 atom stereocenters. The van der Waals surface area contributed by atoms with Gasteiger partial charge in [0.1, 0.15) is 0 Å². The van der Waals surface area contributed by atoms with Crippen molar-refractivity contribution in [1.82, 2.24) is 4.98 Å². The molecule has 1 heterocycles. The van der Waals surface area contributed by atoms with Crippen molar-refractivity contribution in [2.45, 2.75) is 19.7 Å². The topological polar surface area (TPSA) is 89.0 Å². The number of ether oxygens (including phenoxy) is 1. The predicted octanol–water partition coefficient (Wildman–Crippen LogP) is 2.26. The zero-order valence-corrected chi connectivity index (χ0v) is 8.98. The summed E-state index contributed by atoms with van der Waals surface area (Å²) in [5.41, 5.74) is -0.101. The molecule has 0 radical (unpaired) electrons. The number of hydrogen-bond donors (Lipinski definition) is 0. The lowest BCUT2D eigenvalue weighted by molar-refractivity contribution is -0.393. The zero-order chi connectivity index (χ0) is 13.9. The molecule has 1 aromatic heterocycles. The van der Waals surface area contributed by atoms with Gasteiger partial charge in [0.05, 0.1) is 12.5 Å². The summed E-state index contributed by atoms with van der Waals surface area (Å²) in [7, 11) is 0. The first-order valence-corrected chi connectivity index (χ1v) is 4.52. The Morgan fingerprint density at radius 1 is 1.61 bits per heavy atom. The van der Waals surface area contributed by atoms with Crippen LogP contribution in [0.4, 0.5) is 19.0 Å². The quantitative estimate of drug-likeness (QED) is 0.615. The Hall–Kier alpha value is -2.37. The fraction of sp³-hybridized carbons (Fsp3) is 0.333. The predicted molar refractivity (Wildman–Crippen MR) is 51.6 cm³/mol. The molecule has 0 bridgehead atoms. The van der Waals surface area contributed by atoms with Gasteiger partial charge in [-0.05, 0) is 16.0 Å². The maximum atomic E-state index is 12.2. The minimum Gasteiger partial charge on any atom is -0.396 e. The average molecular weight is 261 g/mol. The van der Waals surface area contributed by atoms with Crippen LogP contribution in [-0.2, 0) is 6.42 Å². The molecule has 0 saturated carbocycles. The average Bonchev–Trinajstić information content (AvgIpc) is 2.19. The number of pyridine rings is 1. The summed E-state index contributed by atoms with van der Waals surface area (Å²) in [5.74, 6) is -2.10. The molecule has 1 aromatic rings. The van der Waals surface area contributed by atoms with Gasteiger partial charge < -0.3 is 14.9 Å². The van der Waals surface area contributed by atoms with Crippen LogP contribution < -0.4 is 4.74 Å². The summed E-state index contributed by atoms with van der Waals surface area (Å²) in [6.45, 7) is 1.37. The third-order valence-electron chi connectivity index (χ3n) is 1.82. The van der Waals surface area contributed by atoms with Crippen LogP contribution >= 0.6 is 0 Å². The highest BCUT2D eigenvalue weighted by Gasteiger charge is 2.37. The highest BCUT2D eigenvalue weighted by molar-refractivity contribution is 5.48. The molecule has 0 aromatic carbocycles. The first kappa shape index (κ1) is 13.7. The summed E-state index contributed by atoms with van der Waals surface area (Å²) in [6.07, 6.45) is -5.54. The van der Waals surface area contributed by atoms with Crippen molar-refractivity contribution in [3.63, 3.8) is 0 Å². The maximum absolute atomic E-state index is 12.2. The van der Waals surface area contributed by atoms with Gasteiger partial charge >= 0.3 is 12.2 Å². The van der Waals surface area contributed by atoms with Crippen molar-refractivity contribution in [3.8, 4) is 11.8 Å². The Morgan fingerprint density at radius 3 is 2.67 bits per heavy atom. The molecule has 0 aliphatic rings. The van der Waals surface area contributed by atoms with Crippen LogP contribution in [0.2, 0.25) is 0 Å². The third kappa shape index (κ3) is 3.31. The van der Waals surface area contributed by atoms with Gasteiger partial charge in [-0.1, -0.05) is 0 Å². The number of aryl methyl sites for hydroxylation is 1. The number of aromatic nitrogens is 1. The lowest BCUT2D eigenvalue weighted by Gasteiger charge is -2.11. The van der Waals surface area contributed by atoms with Crippen LogP contribution in [0.3, 0.4) is 0 Å². The molecule has 18 heavy (non-hydrogen) atoms. The number of alkyl halides is 3. The lowest BCUT2D eigenvalue weighted by atomic mass is 10.1. The second-order valence-corrected chi connectivity index (χ2v) is 3.22. The van der Waals surface area contributed by atoms with Gasteiger partial charge in [0.15, 0.2) is 5.69 Å². The molecule has 0 N–H and O–H groups in total. The van der Waals surface area contributed by atoms with E-state index < -0.39 is 29.3 Å². The fourth-order valence-corrected chi connectivity index (χ4v) is 1.28. The Bertz CT molecular complexity index is 522. The van der Waals surface area contributed by atoms with Crippen LogP contribution in [0.1, 0.15) is 11.3 Å². The molecule has 6 nitrogen and oxygen atoms in total. The highest BCUT2D eigenvalue weighted by atomic mass is 19.4. The van der Waals surface area contributed by atoms with Gasteiger partial charge in [0.25, 0.3) is 0 Å². The van der Waals surface area contributed by atoms with Crippen LogP contribution in [0.5, 0.6) is 5.75 Å². The summed E-state index contributed by atoms with van der Waals surface area (Å²) < 4.78 is 40.0. The molecular formula is C9H6F3N3O3. The molecule has 96 valence electrons. The third-order valence-corrected chi connectivity index (χ3v) is 1.82. The van der Waals surface area contributed by atoms with E-state index in [2.05, 4.69) is 9.72 Å². The second-order valence-electron chi connectivity index (χ2n) is 3.22. The minimum atomic E-state index is -5.09. The molecule has 0 unspecified atom stereocenters. The normalized spacial score (nSPS) is 10.8. The minimum absolute atomic E-state index is 0.126. The van der Waals surface area contributed by atoms with E-state index in [1.54, 1.807) is 6.07 Å². The summed E-state index contributed by atoms with van der Waals surface area (Å²) in [6, 6.07) is 2.74. The first-order chi connectivity index (χ1) is 8.24. The van der Waals surface area contributed by atoms with Gasteiger partial charge in [-0.3, -0.25) is 0 Å². The van der Waals surface area contributed by atoms with E-state index in [0.717, 1.165) is 6.07 Å². The molecule has 0 aliphatic carbocycles. The van der Waals surface area contributed by atoms with Crippen molar-refractivity contribution < 1.29 is 22.8 Å². The van der Waals surface area contributed by atoms with Crippen LogP contribution in [0.25, 0.3) is 0 Å². The number of halogens is 3. The van der Waals surface area contributed by atoms with E-state index in [9.17, 15) is 23.3 Å². The summed E-state index contributed by atoms with van der Waals surface area (Å²) in [4.78, 5) is 12.9. The summed E-state index contributed by atoms with van der Waals surface area (Å²) >= 11 is 0. The van der Waals surface area contributed by atoms with Crippen molar-refractivity contribution in [2.24, 2.45) is 0 Å². The molecule has 0 spiro atoms. The number of hydrogen-bond acceptors (Lipinski definition) is 5. The molecule has 1 rings (SSSR count). The summed E-state index contributed by atoms with van der Waals surface area (Å²) in [5, 5.41) is 19.1. The second kappa shape index (κ2) is 4.87. The zero-order valence-electron chi connectivity index (χ0n) is 8.98. The van der Waals surface area contributed by atoms with Gasteiger partial charge in [-0.2, -0.15) is 5.26 Å². The van der Waals surface area contributed by atoms with Gasteiger partial charge in [0, 0.05) is 12.5 Å². The van der Waals surface area contributed by atoms with E-state index in [1.165, 1.54) is 6.92 Å². The Kier molecular flexibility index (Phi) is 3.70. The molecule has 0 fully saturated rings. The molecule has 0 saturated heterocycles. The molecule has 0 amide bonds. The van der Waals surface area contributed by atoms with Crippen molar-refractivity contribution in [2.75, 3.05) is 0 Å². The smallest absolute Gasteiger partial charge is 0.396 e. The van der Waals surface area contributed by atoms with Crippen LogP contribution in [0, 0.1) is 28.4 Å². The molecular weight excluding hydrogens is 255 g/mol. The van der Waals surface area contributed by atoms with Gasteiger partial charge in [-0.25, -0.2) is 0 Å². The van der Waals surface area contributed by atoms with Gasteiger partial charge in [-0.15, -0.1) is 13.2 Å². The largest absolute Gasteiger partial charge is 0.573 e. The molecule has 9 heteroatoms. The van der Waals surface area contributed by atoms with Crippen molar-refractivity contribution in [1.29, 1.82) is 5.26 Å². The van der Waals surface area contributed by atoms with Crippen molar-refractivity contribution in [3.05, 3.63) is 27.4 Å². The Morgan fingerprint density at radius 2 is 2.22 bits per heavy atom. The van der Waals surface area contributed by atoms with Crippen molar-refractivity contribution >= 4 is 5.82 Å². The monoisotopic (exact) mass is 261 g/mol. The first-order valence-electron chi connectivity index (χ1n) is 4.52. The Labute approximate surface area is 98.8 Å². The number of nitro groups is 1. The van der Waals surface area contributed by atoms with E-state index >= 15 is 0 Å². The van der Waals surface area contributed by atoms with Gasteiger partial charge in [0.2, 0.25) is 5.75 Å². The van der Waals surface area contributed by atoms with E-state index in [4.69, 9.17) is 5.26 Å². The number of nitrogens with zero attached hydrogens (tertiary/aromatic N) is 3. The lowest BCUT2D eigenvalue weighted by Crippen LogP contribution is -2.19. The fourth-order valence-electron chi connectivity index (χ4n) is 1.28. The number of nitriles is 1. The molecule has 0 aliphatic heterocycles. The highest BCUT2D eigenvalue weighted by Crippen LogP contribution is 2.34. The van der Waals surface area contributed by atoms with Crippen LogP contribution in [-0.4, -0.2) is 16.3 Å². The van der Waals surface area contributed by atoms with Crippen LogP contribution in [0.15, 0.2) is 6.07 Å².